The number of nitrogens with zero attached hydrogens (tertiary/aromatic N) is 2. The van der Waals surface area contributed by atoms with Gasteiger partial charge in [0.2, 0.25) is 0 Å². The van der Waals surface area contributed by atoms with Crippen molar-refractivity contribution in [1.82, 2.24) is 4.98 Å². The average molecular weight is 178 g/mol. The minimum Gasteiger partial charge on any atom is -0.263 e. The van der Waals surface area contributed by atoms with E-state index in [0.29, 0.717) is 5.56 Å². The molecule has 2 nitrogen and oxygen atoms in total. The summed E-state index contributed by atoms with van der Waals surface area (Å²) in [5, 5.41) is 8.37. The molecule has 0 atom stereocenters. The van der Waals surface area contributed by atoms with E-state index >= 15 is 0 Å². The van der Waals surface area contributed by atoms with Crippen molar-refractivity contribution in [3.8, 4) is 6.07 Å². The molecule has 1 rings (SSSR count). The summed E-state index contributed by atoms with van der Waals surface area (Å²) in [6.45, 7) is 9.91. The Morgan fingerprint density at radius 3 is 2.00 bits per heavy atom. The summed E-state index contributed by atoms with van der Waals surface area (Å²) in [4.78, 5) is 3.83. The lowest BCUT2D eigenvalue weighted by Gasteiger charge is -1.87. The summed E-state index contributed by atoms with van der Waals surface area (Å²) in [7, 11) is 0. The van der Waals surface area contributed by atoms with E-state index in [-0.39, 0.29) is 0 Å². The largest absolute Gasteiger partial charge is 0.263 e. The van der Waals surface area contributed by atoms with Crippen LogP contribution in [-0.4, -0.2) is 4.98 Å². The van der Waals surface area contributed by atoms with Crippen molar-refractivity contribution >= 4 is 0 Å². The maximum atomic E-state index is 8.37. The predicted octanol–water partition coefficient (Wildman–Crippen LogP) is 3.31. The molecule has 0 saturated heterocycles. The fraction of sp³-hybridized carbons (Fsp3) is 0.455. The third kappa shape index (κ3) is 7.02. The van der Waals surface area contributed by atoms with Gasteiger partial charge in [0.15, 0.2) is 0 Å². The first-order valence-electron chi connectivity index (χ1n) is 4.64. The van der Waals surface area contributed by atoms with E-state index in [1.807, 2.05) is 40.7 Å². The molecule has 0 aromatic carbocycles. The molecule has 0 aliphatic carbocycles. The summed E-state index contributed by atoms with van der Waals surface area (Å²) < 4.78 is 0. The minimum atomic E-state index is 0.620. The van der Waals surface area contributed by atoms with Crippen LogP contribution < -0.4 is 0 Å². The van der Waals surface area contributed by atoms with Crippen LogP contribution in [0.15, 0.2) is 18.5 Å². The van der Waals surface area contributed by atoms with Gasteiger partial charge in [0.1, 0.15) is 6.07 Å². The molecule has 0 saturated carbocycles. The van der Waals surface area contributed by atoms with E-state index in [2.05, 4.69) is 4.98 Å². The molecule has 0 N–H and O–H groups in total. The van der Waals surface area contributed by atoms with Crippen molar-refractivity contribution < 1.29 is 0 Å². The van der Waals surface area contributed by atoms with Crippen LogP contribution in [0.1, 0.15) is 38.8 Å². The summed E-state index contributed by atoms with van der Waals surface area (Å²) >= 11 is 0. The van der Waals surface area contributed by atoms with Gasteiger partial charge in [0, 0.05) is 12.4 Å². The van der Waals surface area contributed by atoms with Gasteiger partial charge >= 0.3 is 0 Å². The monoisotopic (exact) mass is 178 g/mol. The Hall–Kier alpha value is -1.36. The number of aromatic nitrogens is 1. The van der Waals surface area contributed by atoms with E-state index < -0.39 is 0 Å². The second kappa shape index (κ2) is 10.6. The highest BCUT2D eigenvalue weighted by atomic mass is 14.6. The van der Waals surface area contributed by atoms with Crippen LogP contribution in [0, 0.1) is 18.3 Å². The Morgan fingerprint density at radius 2 is 1.69 bits per heavy atom. The van der Waals surface area contributed by atoms with E-state index in [9.17, 15) is 0 Å². The number of rotatable bonds is 0. The molecule has 0 aliphatic heterocycles. The second-order valence-electron chi connectivity index (χ2n) is 1.86. The molecule has 0 fully saturated rings. The van der Waals surface area contributed by atoms with Gasteiger partial charge < -0.3 is 0 Å². The Balaban J connectivity index is 0. The molecule has 0 radical (unpaired) electrons. The first kappa shape index (κ1) is 14.2. The first-order chi connectivity index (χ1) is 6.33. The fourth-order valence-electron chi connectivity index (χ4n) is 0.616. The zero-order chi connectivity index (χ0) is 10.7. The van der Waals surface area contributed by atoms with E-state index in [1.54, 1.807) is 18.5 Å². The predicted molar refractivity (Wildman–Crippen MR) is 56.4 cm³/mol. The van der Waals surface area contributed by atoms with Crippen molar-refractivity contribution in [1.29, 1.82) is 5.26 Å². The lowest BCUT2D eigenvalue weighted by Crippen LogP contribution is -1.78. The molecular formula is C11H18N2. The topological polar surface area (TPSA) is 36.7 Å². The lowest BCUT2D eigenvalue weighted by molar-refractivity contribution is 1.25. The number of pyridine rings is 1. The van der Waals surface area contributed by atoms with Crippen LogP contribution in [0.25, 0.3) is 0 Å². The molecule has 1 aromatic heterocycles. The van der Waals surface area contributed by atoms with Gasteiger partial charge in [-0.15, -0.1) is 0 Å². The van der Waals surface area contributed by atoms with Crippen LogP contribution in [0.4, 0.5) is 0 Å². The van der Waals surface area contributed by atoms with Crippen LogP contribution in [0.2, 0.25) is 0 Å². The molecule has 1 heterocycles. The standard InChI is InChI=1S/C7H6N2.2C2H6/c1-6-2-7(3-8)5-9-4-6;2*1-2/h2,4-5H,1H3;2*1-2H3. The van der Waals surface area contributed by atoms with Crippen LogP contribution in [0.3, 0.4) is 0 Å². The normalized spacial score (nSPS) is 6.77. The zero-order valence-electron chi connectivity index (χ0n) is 9.13. The Bertz CT molecular complexity index is 249. The van der Waals surface area contributed by atoms with Crippen LogP contribution >= 0.6 is 0 Å². The van der Waals surface area contributed by atoms with E-state index in [0.717, 1.165) is 5.56 Å². The van der Waals surface area contributed by atoms with Crippen molar-refractivity contribution in [2.75, 3.05) is 0 Å². The van der Waals surface area contributed by atoms with E-state index in [1.165, 1.54) is 0 Å². The van der Waals surface area contributed by atoms with Gasteiger partial charge in [-0.05, 0) is 18.6 Å². The summed E-state index contributed by atoms with van der Waals surface area (Å²) in [5.74, 6) is 0. The molecular weight excluding hydrogens is 160 g/mol. The molecule has 0 unspecified atom stereocenters. The molecule has 2 heteroatoms. The minimum absolute atomic E-state index is 0.620. The molecule has 72 valence electrons. The quantitative estimate of drug-likeness (QED) is 0.611. The SMILES string of the molecule is CC.CC.Cc1cncc(C#N)c1. The highest BCUT2D eigenvalue weighted by molar-refractivity contribution is 5.27. The Kier molecular flexibility index (Phi) is 11.6. The maximum Gasteiger partial charge on any atom is 0.101 e. The number of aryl methyl sites for hydroxylation is 1. The fourth-order valence-corrected chi connectivity index (χ4v) is 0.616. The van der Waals surface area contributed by atoms with Crippen LogP contribution in [-0.2, 0) is 0 Å². The van der Waals surface area contributed by atoms with Gasteiger partial charge in [0.25, 0.3) is 0 Å². The third-order valence-corrected chi connectivity index (χ3v) is 1.00. The molecule has 1 aromatic rings. The third-order valence-electron chi connectivity index (χ3n) is 1.00. The lowest BCUT2D eigenvalue weighted by atomic mass is 10.2. The molecule has 13 heavy (non-hydrogen) atoms. The highest BCUT2D eigenvalue weighted by Crippen LogP contribution is 1.97. The second-order valence-corrected chi connectivity index (χ2v) is 1.86. The summed E-state index contributed by atoms with van der Waals surface area (Å²) in [6.07, 6.45) is 3.27. The highest BCUT2D eigenvalue weighted by Gasteiger charge is 1.87. The zero-order valence-corrected chi connectivity index (χ0v) is 9.13. The molecule has 0 aliphatic rings. The average Bonchev–Trinajstić information content (AvgIpc) is 2.24. The Morgan fingerprint density at radius 1 is 1.15 bits per heavy atom. The van der Waals surface area contributed by atoms with Crippen molar-refractivity contribution in [2.24, 2.45) is 0 Å². The van der Waals surface area contributed by atoms with E-state index in [4.69, 9.17) is 5.26 Å². The summed E-state index contributed by atoms with van der Waals surface area (Å²) in [5.41, 5.74) is 1.64. The summed E-state index contributed by atoms with van der Waals surface area (Å²) in [6, 6.07) is 3.80. The number of nitriles is 1. The first-order valence-corrected chi connectivity index (χ1v) is 4.64. The molecule has 0 spiro atoms. The molecule has 0 amide bonds. The van der Waals surface area contributed by atoms with Gasteiger partial charge in [-0.25, -0.2) is 0 Å². The van der Waals surface area contributed by atoms with Crippen LogP contribution in [0.5, 0.6) is 0 Å². The van der Waals surface area contributed by atoms with Gasteiger partial charge in [-0.2, -0.15) is 5.26 Å². The van der Waals surface area contributed by atoms with Gasteiger partial charge in [-0.3, -0.25) is 4.98 Å². The van der Waals surface area contributed by atoms with Crippen molar-refractivity contribution in [2.45, 2.75) is 34.6 Å². The maximum absolute atomic E-state index is 8.37. The van der Waals surface area contributed by atoms with Gasteiger partial charge in [0.05, 0.1) is 5.56 Å². The van der Waals surface area contributed by atoms with Crippen molar-refractivity contribution in [3.05, 3.63) is 29.6 Å². The number of hydrogen-bond donors (Lipinski definition) is 0. The Labute approximate surface area is 81.2 Å². The smallest absolute Gasteiger partial charge is 0.101 e. The van der Waals surface area contributed by atoms with Crippen molar-refractivity contribution in [3.63, 3.8) is 0 Å². The number of hydrogen-bond acceptors (Lipinski definition) is 2. The van der Waals surface area contributed by atoms with Gasteiger partial charge in [-0.1, -0.05) is 27.7 Å². The molecule has 0 bridgehead atoms.